The van der Waals surface area contributed by atoms with Crippen LogP contribution in [0.4, 0.5) is 4.79 Å². The smallest absolute Gasteiger partial charge is 0.410 e. The van der Waals surface area contributed by atoms with E-state index in [4.69, 9.17) is 14.6 Å². The number of nitrogens with zero attached hydrogens (tertiary/aromatic N) is 1. The van der Waals surface area contributed by atoms with Crippen LogP contribution in [0, 0.1) is 0 Å². The van der Waals surface area contributed by atoms with E-state index < -0.39 is 18.1 Å². The highest BCUT2D eigenvalue weighted by molar-refractivity contribution is 5.76. The first-order valence-corrected chi connectivity index (χ1v) is 6.29. The van der Waals surface area contributed by atoms with Gasteiger partial charge >= 0.3 is 6.09 Å². The van der Waals surface area contributed by atoms with Gasteiger partial charge in [-0.25, -0.2) is 4.79 Å². The highest BCUT2D eigenvalue weighted by atomic mass is 16.6. The molecule has 7 heteroatoms. The van der Waals surface area contributed by atoms with E-state index in [1.54, 1.807) is 4.90 Å². The number of aliphatic hydroxyl groups excluding tert-OH is 1. The second kappa shape index (κ2) is 6.72. The van der Waals surface area contributed by atoms with Gasteiger partial charge in [0.05, 0.1) is 19.3 Å². The molecule has 1 fully saturated rings. The van der Waals surface area contributed by atoms with Crippen LogP contribution in [-0.2, 0) is 14.3 Å². The van der Waals surface area contributed by atoms with Gasteiger partial charge in [0.25, 0.3) is 0 Å². The molecular formula is C12H22N2O5. The molecule has 0 aromatic rings. The first-order valence-electron chi connectivity index (χ1n) is 6.29. The number of amides is 2. The normalized spacial score (nSPS) is 20.0. The molecule has 0 bridgehead atoms. The number of carbonyl (C=O) groups excluding carboxylic acids is 2. The zero-order valence-corrected chi connectivity index (χ0v) is 11.6. The Morgan fingerprint density at radius 1 is 1.47 bits per heavy atom. The summed E-state index contributed by atoms with van der Waals surface area (Å²) in [6, 6.07) is 0. The predicted octanol–water partition coefficient (Wildman–Crippen LogP) is -0.269. The van der Waals surface area contributed by atoms with Gasteiger partial charge in [-0.05, 0) is 20.8 Å². The molecule has 110 valence electrons. The van der Waals surface area contributed by atoms with Gasteiger partial charge in [0.2, 0.25) is 5.91 Å². The van der Waals surface area contributed by atoms with Crippen LogP contribution in [0.2, 0.25) is 0 Å². The molecule has 1 aliphatic heterocycles. The van der Waals surface area contributed by atoms with Crippen LogP contribution in [-0.4, -0.2) is 66.6 Å². The molecule has 1 aliphatic rings. The third-order valence-electron chi connectivity index (χ3n) is 2.46. The number of hydrogen-bond donors (Lipinski definition) is 2. The molecule has 1 atom stereocenters. The molecule has 7 nitrogen and oxygen atoms in total. The van der Waals surface area contributed by atoms with Crippen LogP contribution in [0.25, 0.3) is 0 Å². The van der Waals surface area contributed by atoms with E-state index in [9.17, 15) is 9.59 Å². The molecular weight excluding hydrogens is 252 g/mol. The van der Waals surface area contributed by atoms with E-state index in [1.165, 1.54) is 0 Å². The molecule has 1 rings (SSSR count). The second-order valence-electron chi connectivity index (χ2n) is 5.38. The van der Waals surface area contributed by atoms with Crippen LogP contribution in [0.5, 0.6) is 0 Å². The number of rotatable bonds is 3. The molecule has 0 aromatic carbocycles. The summed E-state index contributed by atoms with van der Waals surface area (Å²) in [5.74, 6) is -0.460. The molecule has 0 aliphatic carbocycles. The van der Waals surface area contributed by atoms with E-state index in [1.807, 2.05) is 20.8 Å². The summed E-state index contributed by atoms with van der Waals surface area (Å²) in [5.41, 5.74) is -0.532. The van der Waals surface area contributed by atoms with E-state index in [2.05, 4.69) is 5.32 Å². The lowest BCUT2D eigenvalue weighted by Crippen LogP contribution is -2.51. The summed E-state index contributed by atoms with van der Waals surface area (Å²) in [6.45, 7) is 6.37. The molecule has 19 heavy (non-hydrogen) atoms. The number of hydrogen-bond acceptors (Lipinski definition) is 5. The van der Waals surface area contributed by atoms with Gasteiger partial charge in [0, 0.05) is 13.1 Å². The zero-order valence-electron chi connectivity index (χ0n) is 11.6. The van der Waals surface area contributed by atoms with E-state index in [0.717, 1.165) is 0 Å². The Labute approximate surface area is 112 Å². The minimum absolute atomic E-state index is 0.263. The molecule has 0 spiro atoms. The number of aliphatic hydroxyl groups is 1. The minimum atomic E-state index is -0.553. The summed E-state index contributed by atoms with van der Waals surface area (Å²) < 4.78 is 10.7. The molecule has 1 unspecified atom stereocenters. The maximum absolute atomic E-state index is 11.9. The first-order chi connectivity index (χ1) is 8.81. The minimum Gasteiger partial charge on any atom is -0.444 e. The highest BCUT2D eigenvalue weighted by Gasteiger charge is 2.28. The average Bonchev–Trinajstić information content (AvgIpc) is 2.34. The van der Waals surface area contributed by atoms with Crippen LogP contribution in [0.15, 0.2) is 0 Å². The predicted molar refractivity (Wildman–Crippen MR) is 67.6 cm³/mol. The van der Waals surface area contributed by atoms with E-state index in [0.29, 0.717) is 19.7 Å². The van der Waals surface area contributed by atoms with Gasteiger partial charge in [0.1, 0.15) is 12.2 Å². The lowest BCUT2D eigenvalue weighted by atomic mass is 10.2. The zero-order chi connectivity index (χ0) is 14.5. The van der Waals surface area contributed by atoms with Crippen molar-refractivity contribution in [2.45, 2.75) is 32.5 Å². The van der Waals surface area contributed by atoms with Gasteiger partial charge in [-0.2, -0.15) is 0 Å². The molecule has 0 radical (unpaired) electrons. The quantitative estimate of drug-likeness (QED) is 0.739. The lowest BCUT2D eigenvalue weighted by Gasteiger charge is -2.34. The highest BCUT2D eigenvalue weighted by Crippen LogP contribution is 2.12. The van der Waals surface area contributed by atoms with Crippen LogP contribution < -0.4 is 5.32 Å². The maximum Gasteiger partial charge on any atom is 0.410 e. The molecule has 0 aromatic heterocycles. The summed E-state index contributed by atoms with van der Waals surface area (Å²) in [6.07, 6.45) is -0.661. The van der Waals surface area contributed by atoms with Crippen LogP contribution in [0.1, 0.15) is 20.8 Å². The van der Waals surface area contributed by atoms with Crippen molar-refractivity contribution in [1.82, 2.24) is 10.2 Å². The van der Waals surface area contributed by atoms with Crippen molar-refractivity contribution in [3.8, 4) is 0 Å². The van der Waals surface area contributed by atoms with Gasteiger partial charge in [-0.3, -0.25) is 4.79 Å². The van der Waals surface area contributed by atoms with Crippen molar-refractivity contribution in [3.63, 3.8) is 0 Å². The molecule has 1 heterocycles. The fourth-order valence-corrected chi connectivity index (χ4v) is 1.62. The Bertz CT molecular complexity index is 327. The van der Waals surface area contributed by atoms with E-state index in [-0.39, 0.29) is 18.7 Å². The molecule has 2 N–H and O–H groups in total. The third-order valence-corrected chi connectivity index (χ3v) is 2.46. The van der Waals surface area contributed by atoms with Crippen molar-refractivity contribution in [3.05, 3.63) is 0 Å². The number of ether oxygens (including phenoxy) is 2. The molecule has 0 saturated carbocycles. The fourth-order valence-electron chi connectivity index (χ4n) is 1.62. The largest absolute Gasteiger partial charge is 0.444 e. The van der Waals surface area contributed by atoms with Crippen molar-refractivity contribution in [1.29, 1.82) is 0 Å². The number of nitrogens with one attached hydrogen (secondary N) is 1. The van der Waals surface area contributed by atoms with Crippen molar-refractivity contribution in [2.75, 3.05) is 32.8 Å². The third kappa shape index (κ3) is 5.89. The van der Waals surface area contributed by atoms with Crippen molar-refractivity contribution >= 4 is 12.0 Å². The Balaban J connectivity index is 2.41. The average molecular weight is 274 g/mol. The maximum atomic E-state index is 11.9. The Morgan fingerprint density at radius 2 is 2.16 bits per heavy atom. The van der Waals surface area contributed by atoms with Gasteiger partial charge in [0.15, 0.2) is 0 Å². The summed E-state index contributed by atoms with van der Waals surface area (Å²) in [4.78, 5) is 24.4. The van der Waals surface area contributed by atoms with Crippen molar-refractivity contribution in [2.24, 2.45) is 0 Å². The number of carbonyl (C=O) groups is 2. The summed E-state index contributed by atoms with van der Waals surface area (Å²) in [7, 11) is 0. The topological polar surface area (TPSA) is 88.1 Å². The Hall–Kier alpha value is -1.34. The van der Waals surface area contributed by atoms with E-state index >= 15 is 0 Å². The molecule has 1 saturated heterocycles. The van der Waals surface area contributed by atoms with Gasteiger partial charge in [-0.15, -0.1) is 0 Å². The summed E-state index contributed by atoms with van der Waals surface area (Å²) in [5, 5.41) is 11.1. The van der Waals surface area contributed by atoms with Crippen LogP contribution >= 0.6 is 0 Å². The van der Waals surface area contributed by atoms with Crippen LogP contribution in [0.3, 0.4) is 0 Å². The monoisotopic (exact) mass is 274 g/mol. The SMILES string of the molecule is CC(C)(C)OC(=O)N1CCOC(CNC(=O)CO)C1. The summed E-state index contributed by atoms with van der Waals surface area (Å²) >= 11 is 0. The Kier molecular flexibility index (Phi) is 5.56. The lowest BCUT2D eigenvalue weighted by molar-refractivity contribution is -0.124. The second-order valence-corrected chi connectivity index (χ2v) is 5.38. The number of morpholine rings is 1. The van der Waals surface area contributed by atoms with Gasteiger partial charge in [-0.1, -0.05) is 0 Å². The van der Waals surface area contributed by atoms with Crippen molar-refractivity contribution < 1.29 is 24.2 Å². The Morgan fingerprint density at radius 3 is 2.74 bits per heavy atom. The van der Waals surface area contributed by atoms with Gasteiger partial charge < -0.3 is 24.8 Å². The fraction of sp³-hybridized carbons (Fsp3) is 0.833. The molecule has 2 amide bonds. The standard InChI is InChI=1S/C12H22N2O5/c1-12(2,3)19-11(17)14-4-5-18-9(7-14)6-13-10(16)8-15/h9,15H,4-8H2,1-3H3,(H,13,16). The first kappa shape index (κ1) is 15.7.